The third-order valence-electron chi connectivity index (χ3n) is 6.33. The SMILES string of the molecule is CCC1CCC2(CC1)NC(=O)N(CC(=O)N[C@H](CC(C)C)c1ccccc1)C2=O. The van der Waals surface area contributed by atoms with Crippen LogP contribution in [0.25, 0.3) is 0 Å². The number of carbonyl (C=O) groups is 3. The van der Waals surface area contributed by atoms with Crippen LogP contribution in [0.3, 0.4) is 0 Å². The lowest BCUT2D eigenvalue weighted by Crippen LogP contribution is -2.50. The lowest BCUT2D eigenvalue weighted by atomic mass is 9.75. The molecular formula is C23H33N3O3. The van der Waals surface area contributed by atoms with Crippen LogP contribution in [0.4, 0.5) is 4.79 Å². The zero-order chi connectivity index (χ0) is 21.0. The number of hydrogen-bond donors (Lipinski definition) is 2. The monoisotopic (exact) mass is 399 g/mol. The Kier molecular flexibility index (Phi) is 6.60. The third-order valence-corrected chi connectivity index (χ3v) is 6.33. The fourth-order valence-electron chi connectivity index (χ4n) is 4.56. The zero-order valence-electron chi connectivity index (χ0n) is 17.7. The highest BCUT2D eigenvalue weighted by Crippen LogP contribution is 2.37. The molecule has 6 nitrogen and oxygen atoms in total. The molecule has 0 aromatic heterocycles. The Hall–Kier alpha value is -2.37. The van der Waals surface area contributed by atoms with Crippen LogP contribution in [0.15, 0.2) is 30.3 Å². The summed E-state index contributed by atoms with van der Waals surface area (Å²) in [4.78, 5) is 39.3. The van der Waals surface area contributed by atoms with E-state index in [-0.39, 0.29) is 24.4 Å². The van der Waals surface area contributed by atoms with Gasteiger partial charge in [-0.3, -0.25) is 14.5 Å². The van der Waals surface area contributed by atoms with Crippen molar-refractivity contribution in [2.24, 2.45) is 11.8 Å². The minimum atomic E-state index is -0.806. The maximum atomic E-state index is 13.0. The van der Waals surface area contributed by atoms with Crippen molar-refractivity contribution in [1.29, 1.82) is 0 Å². The van der Waals surface area contributed by atoms with Crippen LogP contribution in [0.1, 0.15) is 70.9 Å². The Morgan fingerprint density at radius 3 is 2.45 bits per heavy atom. The van der Waals surface area contributed by atoms with Crippen molar-refractivity contribution in [3.63, 3.8) is 0 Å². The Morgan fingerprint density at radius 1 is 1.21 bits per heavy atom. The maximum Gasteiger partial charge on any atom is 0.325 e. The molecule has 158 valence electrons. The van der Waals surface area contributed by atoms with E-state index >= 15 is 0 Å². The minimum Gasteiger partial charge on any atom is -0.348 e. The van der Waals surface area contributed by atoms with Crippen molar-refractivity contribution in [2.45, 2.75) is 70.9 Å². The molecule has 3 rings (SSSR count). The standard InChI is InChI=1S/C23H33N3O3/c1-4-17-10-12-23(13-11-17)21(28)26(22(29)25-23)15-20(27)24-19(14-16(2)3)18-8-6-5-7-9-18/h5-9,16-17,19H,4,10-15H2,1-3H3,(H,24,27)(H,25,29)/t17?,19-,23?/m1/s1. The van der Waals surface area contributed by atoms with Gasteiger partial charge in [-0.1, -0.05) is 57.5 Å². The van der Waals surface area contributed by atoms with Crippen LogP contribution in [0.5, 0.6) is 0 Å². The van der Waals surface area contributed by atoms with Crippen molar-refractivity contribution in [1.82, 2.24) is 15.5 Å². The Morgan fingerprint density at radius 2 is 1.86 bits per heavy atom. The first-order chi connectivity index (χ1) is 13.8. The third kappa shape index (κ3) is 4.80. The van der Waals surface area contributed by atoms with Gasteiger partial charge in [0.25, 0.3) is 5.91 Å². The first-order valence-electron chi connectivity index (χ1n) is 10.8. The average Bonchev–Trinajstić information content (AvgIpc) is 2.92. The summed E-state index contributed by atoms with van der Waals surface area (Å²) in [5.74, 6) is 0.467. The lowest BCUT2D eigenvalue weighted by molar-refractivity contribution is -0.136. The summed E-state index contributed by atoms with van der Waals surface area (Å²) in [5, 5.41) is 5.92. The van der Waals surface area contributed by atoms with Crippen LogP contribution >= 0.6 is 0 Å². The topological polar surface area (TPSA) is 78.5 Å². The summed E-state index contributed by atoms with van der Waals surface area (Å²) >= 11 is 0. The highest BCUT2D eigenvalue weighted by Gasteiger charge is 2.52. The first kappa shape index (κ1) is 21.3. The second kappa shape index (κ2) is 8.97. The normalized spacial score (nSPS) is 25.4. The number of nitrogens with zero attached hydrogens (tertiary/aromatic N) is 1. The number of urea groups is 1. The van der Waals surface area contributed by atoms with E-state index in [1.165, 1.54) is 0 Å². The Balaban J connectivity index is 1.65. The molecule has 1 atom stereocenters. The first-order valence-corrected chi connectivity index (χ1v) is 10.8. The molecule has 1 saturated heterocycles. The fourth-order valence-corrected chi connectivity index (χ4v) is 4.56. The van der Waals surface area contributed by atoms with Crippen LogP contribution in [-0.2, 0) is 9.59 Å². The molecule has 1 aliphatic heterocycles. The van der Waals surface area contributed by atoms with E-state index in [1.54, 1.807) is 0 Å². The van der Waals surface area contributed by atoms with Crippen LogP contribution in [0, 0.1) is 11.8 Å². The van der Waals surface area contributed by atoms with E-state index in [4.69, 9.17) is 0 Å². The summed E-state index contributed by atoms with van der Waals surface area (Å²) in [5.41, 5.74) is 0.223. The number of amides is 4. The summed E-state index contributed by atoms with van der Waals surface area (Å²) in [6.07, 6.45) is 5.09. The second-order valence-electron chi connectivity index (χ2n) is 8.92. The van der Waals surface area contributed by atoms with E-state index in [0.29, 0.717) is 24.7 Å². The van der Waals surface area contributed by atoms with E-state index in [1.807, 2.05) is 30.3 Å². The van der Waals surface area contributed by atoms with Crippen molar-refractivity contribution in [3.05, 3.63) is 35.9 Å². The van der Waals surface area contributed by atoms with Crippen molar-refractivity contribution in [3.8, 4) is 0 Å². The second-order valence-corrected chi connectivity index (χ2v) is 8.92. The Labute approximate surface area is 173 Å². The summed E-state index contributed by atoms with van der Waals surface area (Å²) in [6, 6.07) is 9.23. The molecule has 29 heavy (non-hydrogen) atoms. The molecule has 0 unspecified atom stereocenters. The Bertz CT molecular complexity index is 739. The molecule has 0 radical (unpaired) electrons. The van der Waals surface area contributed by atoms with Gasteiger partial charge in [-0.05, 0) is 49.5 Å². The molecule has 1 aromatic rings. The molecule has 1 heterocycles. The molecule has 1 aliphatic carbocycles. The highest BCUT2D eigenvalue weighted by atomic mass is 16.2. The van der Waals surface area contributed by atoms with Gasteiger partial charge in [0.05, 0.1) is 6.04 Å². The quantitative estimate of drug-likeness (QED) is 0.685. The van der Waals surface area contributed by atoms with Gasteiger partial charge in [0.1, 0.15) is 12.1 Å². The smallest absolute Gasteiger partial charge is 0.325 e. The summed E-state index contributed by atoms with van der Waals surface area (Å²) in [6.45, 7) is 6.14. The zero-order valence-corrected chi connectivity index (χ0v) is 17.7. The molecule has 2 aliphatic rings. The van der Waals surface area contributed by atoms with Crippen molar-refractivity contribution >= 4 is 17.8 Å². The van der Waals surface area contributed by atoms with Gasteiger partial charge in [-0.15, -0.1) is 0 Å². The minimum absolute atomic E-state index is 0.140. The van der Waals surface area contributed by atoms with Crippen LogP contribution in [0.2, 0.25) is 0 Å². The van der Waals surface area contributed by atoms with Gasteiger partial charge in [-0.2, -0.15) is 0 Å². The maximum absolute atomic E-state index is 13.0. The largest absolute Gasteiger partial charge is 0.348 e. The van der Waals surface area contributed by atoms with Gasteiger partial charge in [0.15, 0.2) is 0 Å². The molecule has 2 N–H and O–H groups in total. The predicted octanol–water partition coefficient (Wildman–Crippen LogP) is 3.78. The molecular weight excluding hydrogens is 366 g/mol. The number of imide groups is 1. The average molecular weight is 400 g/mol. The number of benzene rings is 1. The molecule has 6 heteroatoms. The van der Waals surface area contributed by atoms with Gasteiger partial charge in [0.2, 0.25) is 5.91 Å². The number of carbonyl (C=O) groups excluding carboxylic acids is 3. The van der Waals surface area contributed by atoms with E-state index < -0.39 is 11.6 Å². The van der Waals surface area contributed by atoms with Gasteiger partial charge < -0.3 is 10.6 Å². The number of nitrogens with one attached hydrogen (secondary N) is 2. The predicted molar refractivity (Wildman–Crippen MR) is 112 cm³/mol. The molecule has 2 fully saturated rings. The summed E-state index contributed by atoms with van der Waals surface area (Å²) < 4.78 is 0. The summed E-state index contributed by atoms with van der Waals surface area (Å²) in [7, 11) is 0. The highest BCUT2D eigenvalue weighted by molar-refractivity contribution is 6.09. The van der Waals surface area contributed by atoms with Crippen molar-refractivity contribution in [2.75, 3.05) is 6.54 Å². The molecule has 1 saturated carbocycles. The van der Waals surface area contributed by atoms with E-state index in [9.17, 15) is 14.4 Å². The van der Waals surface area contributed by atoms with Gasteiger partial charge in [0, 0.05) is 0 Å². The molecule has 1 spiro atoms. The molecule has 1 aromatic carbocycles. The van der Waals surface area contributed by atoms with E-state index in [2.05, 4.69) is 31.4 Å². The van der Waals surface area contributed by atoms with Gasteiger partial charge >= 0.3 is 6.03 Å². The van der Waals surface area contributed by atoms with Gasteiger partial charge in [-0.25, -0.2) is 4.79 Å². The number of rotatable bonds is 7. The van der Waals surface area contributed by atoms with E-state index in [0.717, 1.165) is 36.1 Å². The fraction of sp³-hybridized carbons (Fsp3) is 0.609. The lowest BCUT2D eigenvalue weighted by Gasteiger charge is -2.34. The molecule has 0 bridgehead atoms. The molecule has 4 amide bonds. The number of hydrogen-bond acceptors (Lipinski definition) is 3. The van der Waals surface area contributed by atoms with Crippen molar-refractivity contribution < 1.29 is 14.4 Å². The van der Waals surface area contributed by atoms with Crippen LogP contribution < -0.4 is 10.6 Å². The van der Waals surface area contributed by atoms with Crippen LogP contribution in [-0.4, -0.2) is 34.8 Å².